The van der Waals surface area contributed by atoms with E-state index in [1.54, 1.807) is 12.1 Å². The van der Waals surface area contributed by atoms with Crippen LogP contribution < -0.4 is 16.2 Å². The van der Waals surface area contributed by atoms with Crippen molar-refractivity contribution in [2.24, 2.45) is 0 Å². The number of hydrogen-bond acceptors (Lipinski definition) is 2. The fourth-order valence-corrected chi connectivity index (χ4v) is 2.56. The molecule has 1 amide bonds. The summed E-state index contributed by atoms with van der Waals surface area (Å²) in [7, 11) is 0. The Kier molecular flexibility index (Phi) is 8.02. The average molecular weight is 373 g/mol. The number of anilines is 1. The van der Waals surface area contributed by atoms with Gasteiger partial charge in [-0.1, -0.05) is 37.6 Å². The van der Waals surface area contributed by atoms with Crippen LogP contribution in [0.5, 0.6) is 0 Å². The summed E-state index contributed by atoms with van der Waals surface area (Å²) in [6.45, 7) is 2.17. The highest BCUT2D eigenvalue weighted by molar-refractivity contribution is 7.80. The van der Waals surface area contributed by atoms with Gasteiger partial charge in [-0.05, 0) is 66.9 Å². The molecule has 0 bridgehead atoms. The first-order valence-electron chi connectivity index (χ1n) is 8.76. The molecule has 0 unspecified atom stereocenters. The van der Waals surface area contributed by atoms with Gasteiger partial charge in [-0.25, -0.2) is 4.39 Å². The minimum atomic E-state index is -0.283. The number of hydrogen-bond donors (Lipinski definition) is 3. The van der Waals surface area contributed by atoms with Gasteiger partial charge in [0, 0.05) is 12.1 Å². The van der Waals surface area contributed by atoms with E-state index in [-0.39, 0.29) is 18.1 Å². The predicted molar refractivity (Wildman–Crippen MR) is 107 cm³/mol. The van der Waals surface area contributed by atoms with Gasteiger partial charge in [-0.3, -0.25) is 15.6 Å². The van der Waals surface area contributed by atoms with Gasteiger partial charge in [0.1, 0.15) is 5.82 Å². The molecule has 0 atom stereocenters. The molecule has 138 valence electrons. The second-order valence-corrected chi connectivity index (χ2v) is 6.46. The lowest BCUT2D eigenvalue weighted by Crippen LogP contribution is -2.43. The zero-order valence-corrected chi connectivity index (χ0v) is 15.7. The van der Waals surface area contributed by atoms with E-state index in [1.807, 2.05) is 12.1 Å². The molecule has 0 aliphatic rings. The number of halogens is 1. The summed E-state index contributed by atoms with van der Waals surface area (Å²) in [5.74, 6) is -0.469. The summed E-state index contributed by atoms with van der Waals surface area (Å²) >= 11 is 5.17. The third kappa shape index (κ3) is 7.19. The molecule has 2 aromatic carbocycles. The van der Waals surface area contributed by atoms with Crippen LogP contribution in [0.2, 0.25) is 0 Å². The highest BCUT2D eigenvalue weighted by Gasteiger charge is 2.04. The molecule has 4 nitrogen and oxygen atoms in total. The summed E-state index contributed by atoms with van der Waals surface area (Å²) in [5.41, 5.74) is 8.31. The molecule has 0 saturated heterocycles. The lowest BCUT2D eigenvalue weighted by Gasteiger charge is -2.12. The molecule has 6 heteroatoms. The second-order valence-electron chi connectivity index (χ2n) is 6.05. The number of carbonyl (C=O) groups is 1. The maximum absolute atomic E-state index is 12.8. The van der Waals surface area contributed by atoms with Crippen molar-refractivity contribution in [2.75, 3.05) is 5.32 Å². The van der Waals surface area contributed by atoms with E-state index in [1.165, 1.54) is 30.5 Å². The van der Waals surface area contributed by atoms with Gasteiger partial charge in [-0.15, -0.1) is 0 Å². The first-order chi connectivity index (χ1) is 12.6. The zero-order valence-electron chi connectivity index (χ0n) is 14.8. The Bertz CT molecular complexity index is 717. The van der Waals surface area contributed by atoms with Crippen molar-refractivity contribution in [1.82, 2.24) is 10.9 Å². The molecule has 0 aromatic heterocycles. The Morgan fingerprint density at radius 2 is 1.58 bits per heavy atom. The Labute approximate surface area is 159 Å². The van der Waals surface area contributed by atoms with Crippen molar-refractivity contribution in [1.29, 1.82) is 0 Å². The van der Waals surface area contributed by atoms with E-state index in [0.29, 0.717) is 11.5 Å². The van der Waals surface area contributed by atoms with Crippen LogP contribution in [-0.2, 0) is 17.6 Å². The lowest BCUT2D eigenvalue weighted by atomic mass is 10.1. The van der Waals surface area contributed by atoms with Crippen molar-refractivity contribution < 1.29 is 9.18 Å². The van der Waals surface area contributed by atoms with Crippen LogP contribution in [-0.4, -0.2) is 11.0 Å². The molecule has 0 aliphatic carbocycles. The van der Waals surface area contributed by atoms with Crippen LogP contribution in [0.25, 0.3) is 0 Å². The molecule has 2 rings (SSSR count). The van der Waals surface area contributed by atoms with Gasteiger partial charge in [0.15, 0.2) is 5.11 Å². The van der Waals surface area contributed by atoms with E-state index in [0.717, 1.165) is 17.7 Å². The Balaban J connectivity index is 1.68. The highest BCUT2D eigenvalue weighted by atomic mass is 32.1. The number of hydrazine groups is 1. The quantitative estimate of drug-likeness (QED) is 0.505. The smallest absolute Gasteiger partial charge is 0.238 e. The van der Waals surface area contributed by atoms with E-state index in [9.17, 15) is 9.18 Å². The number of benzene rings is 2. The van der Waals surface area contributed by atoms with Crippen LogP contribution in [0, 0.1) is 5.82 Å². The van der Waals surface area contributed by atoms with Crippen molar-refractivity contribution in [2.45, 2.75) is 39.0 Å². The number of nitrogens with one attached hydrogen (secondary N) is 3. The van der Waals surface area contributed by atoms with Gasteiger partial charge in [0.05, 0.1) is 0 Å². The molecule has 0 radical (unpaired) electrons. The van der Waals surface area contributed by atoms with Crippen molar-refractivity contribution in [3.63, 3.8) is 0 Å². The largest absolute Gasteiger partial charge is 0.331 e. The summed E-state index contributed by atoms with van der Waals surface area (Å²) in [6.07, 6.45) is 4.25. The van der Waals surface area contributed by atoms with Gasteiger partial charge < -0.3 is 5.32 Å². The van der Waals surface area contributed by atoms with Crippen molar-refractivity contribution in [3.8, 4) is 0 Å². The average Bonchev–Trinajstić information content (AvgIpc) is 2.65. The van der Waals surface area contributed by atoms with Crippen LogP contribution in [0.1, 0.15) is 37.3 Å². The Morgan fingerprint density at radius 1 is 0.962 bits per heavy atom. The van der Waals surface area contributed by atoms with E-state index in [4.69, 9.17) is 12.2 Å². The SMILES string of the molecule is CCCCc1ccc(NC(=S)NNC(=O)CCc2ccc(F)cc2)cc1. The minimum absolute atomic E-state index is 0.187. The summed E-state index contributed by atoms with van der Waals surface area (Å²) in [5, 5.41) is 3.35. The molecule has 0 aliphatic heterocycles. The monoisotopic (exact) mass is 373 g/mol. The van der Waals surface area contributed by atoms with Crippen molar-refractivity contribution >= 4 is 28.9 Å². The molecule has 0 fully saturated rings. The molecule has 3 N–H and O–H groups in total. The Morgan fingerprint density at radius 3 is 2.23 bits per heavy atom. The standard InChI is InChI=1S/C20H24FN3OS/c1-2-3-4-15-7-12-18(13-8-15)22-20(26)24-23-19(25)14-9-16-5-10-17(21)11-6-16/h5-8,10-13H,2-4,9,14H2,1H3,(H,23,25)(H2,22,24,26). The summed E-state index contributed by atoms with van der Waals surface area (Å²) in [6, 6.07) is 14.2. The van der Waals surface area contributed by atoms with Crippen LogP contribution in [0.3, 0.4) is 0 Å². The summed E-state index contributed by atoms with van der Waals surface area (Å²) < 4.78 is 12.8. The molecular weight excluding hydrogens is 349 g/mol. The molecule has 0 spiro atoms. The molecule has 0 heterocycles. The van der Waals surface area contributed by atoms with Crippen LogP contribution in [0.4, 0.5) is 10.1 Å². The molecular formula is C20H24FN3OS. The van der Waals surface area contributed by atoms with E-state index >= 15 is 0 Å². The first kappa shape index (κ1) is 19.8. The number of thiocarbonyl (C=S) groups is 1. The van der Waals surface area contributed by atoms with Crippen molar-refractivity contribution in [3.05, 3.63) is 65.5 Å². The number of amides is 1. The van der Waals surface area contributed by atoms with Gasteiger partial charge in [0.2, 0.25) is 5.91 Å². The first-order valence-corrected chi connectivity index (χ1v) is 9.17. The third-order valence-corrected chi connectivity index (χ3v) is 4.10. The molecule has 2 aromatic rings. The van der Waals surface area contributed by atoms with E-state index in [2.05, 4.69) is 35.2 Å². The number of aryl methyl sites for hydroxylation is 2. The maximum Gasteiger partial charge on any atom is 0.238 e. The van der Waals surface area contributed by atoms with Crippen LogP contribution >= 0.6 is 12.2 Å². The number of carbonyl (C=O) groups excluding carboxylic acids is 1. The fourth-order valence-electron chi connectivity index (χ4n) is 2.40. The van der Waals surface area contributed by atoms with E-state index < -0.39 is 0 Å². The maximum atomic E-state index is 12.8. The highest BCUT2D eigenvalue weighted by Crippen LogP contribution is 2.11. The lowest BCUT2D eigenvalue weighted by molar-refractivity contribution is -0.121. The molecule has 26 heavy (non-hydrogen) atoms. The topological polar surface area (TPSA) is 53.2 Å². The van der Waals surface area contributed by atoms with Gasteiger partial charge >= 0.3 is 0 Å². The predicted octanol–water partition coefficient (Wildman–Crippen LogP) is 4.12. The normalized spacial score (nSPS) is 10.2. The minimum Gasteiger partial charge on any atom is -0.331 e. The summed E-state index contributed by atoms with van der Waals surface area (Å²) in [4.78, 5) is 11.9. The van der Waals surface area contributed by atoms with Crippen LogP contribution in [0.15, 0.2) is 48.5 Å². The second kappa shape index (κ2) is 10.5. The fraction of sp³-hybridized carbons (Fsp3) is 0.300. The Hall–Kier alpha value is -2.47. The number of rotatable bonds is 7. The molecule has 0 saturated carbocycles. The third-order valence-electron chi connectivity index (χ3n) is 3.90. The zero-order chi connectivity index (χ0) is 18.8. The van der Waals surface area contributed by atoms with Gasteiger partial charge in [0.25, 0.3) is 0 Å². The van der Waals surface area contributed by atoms with Gasteiger partial charge in [-0.2, -0.15) is 0 Å². The number of unbranched alkanes of at least 4 members (excludes halogenated alkanes) is 1.